The summed E-state index contributed by atoms with van der Waals surface area (Å²) in [6, 6.07) is 10.7. The van der Waals surface area contributed by atoms with Gasteiger partial charge < -0.3 is 9.73 Å². The molecule has 1 atom stereocenters. The van der Waals surface area contributed by atoms with Crippen molar-refractivity contribution in [3.8, 4) is 0 Å². The molecule has 1 unspecified atom stereocenters. The number of nitrogens with one attached hydrogen (secondary N) is 1. The third kappa shape index (κ3) is 4.14. The second kappa shape index (κ2) is 7.91. The average molecular weight is 354 g/mol. The third-order valence-corrected chi connectivity index (χ3v) is 5.03. The van der Waals surface area contributed by atoms with Gasteiger partial charge in [-0.15, -0.1) is 11.8 Å². The van der Waals surface area contributed by atoms with Crippen LogP contribution in [0.1, 0.15) is 30.7 Å². The molecule has 0 aliphatic carbocycles. The number of aryl methyl sites for hydroxylation is 1. The van der Waals surface area contributed by atoms with Crippen molar-refractivity contribution in [3.63, 3.8) is 0 Å². The molecule has 0 spiro atoms. The van der Waals surface area contributed by atoms with Gasteiger partial charge in [0.25, 0.3) is 0 Å². The normalized spacial score (nSPS) is 12.6. The molecule has 0 aliphatic rings. The minimum atomic E-state index is 0.226. The van der Waals surface area contributed by atoms with Crippen LogP contribution in [0.3, 0.4) is 0 Å². The van der Waals surface area contributed by atoms with Gasteiger partial charge in [0.05, 0.1) is 16.8 Å². The molecule has 108 valence electrons. The van der Waals surface area contributed by atoms with E-state index in [1.807, 2.05) is 17.8 Å². The van der Waals surface area contributed by atoms with Gasteiger partial charge in [-0.2, -0.15) is 0 Å². The van der Waals surface area contributed by atoms with Crippen molar-refractivity contribution in [2.75, 3.05) is 12.3 Å². The number of halogens is 1. The monoisotopic (exact) mass is 353 g/mol. The van der Waals surface area contributed by atoms with Crippen molar-refractivity contribution in [2.45, 2.75) is 31.2 Å². The zero-order valence-electron chi connectivity index (χ0n) is 11.9. The topological polar surface area (TPSA) is 25.2 Å². The van der Waals surface area contributed by atoms with Crippen molar-refractivity contribution in [1.82, 2.24) is 5.32 Å². The molecular formula is C16H20BrNOS. The molecule has 2 aromatic rings. The largest absolute Gasteiger partial charge is 0.466 e. The SMILES string of the molecule is CCCNC(CSc1ccccc1C)c1occc1Br. The van der Waals surface area contributed by atoms with E-state index in [9.17, 15) is 0 Å². The highest BCUT2D eigenvalue weighted by molar-refractivity contribution is 9.10. The minimum Gasteiger partial charge on any atom is -0.466 e. The minimum absolute atomic E-state index is 0.226. The van der Waals surface area contributed by atoms with Gasteiger partial charge in [0, 0.05) is 10.6 Å². The molecule has 0 amide bonds. The van der Waals surface area contributed by atoms with Crippen LogP contribution in [0.5, 0.6) is 0 Å². The van der Waals surface area contributed by atoms with E-state index in [2.05, 4.69) is 59.4 Å². The summed E-state index contributed by atoms with van der Waals surface area (Å²) in [5.74, 6) is 1.94. The maximum Gasteiger partial charge on any atom is 0.135 e. The van der Waals surface area contributed by atoms with E-state index in [4.69, 9.17) is 4.42 Å². The van der Waals surface area contributed by atoms with E-state index in [0.29, 0.717) is 0 Å². The van der Waals surface area contributed by atoms with E-state index < -0.39 is 0 Å². The number of benzene rings is 1. The molecule has 2 nitrogen and oxygen atoms in total. The Kier molecular flexibility index (Phi) is 6.20. The Morgan fingerprint density at radius 3 is 2.75 bits per heavy atom. The van der Waals surface area contributed by atoms with E-state index >= 15 is 0 Å². The first-order valence-corrected chi connectivity index (χ1v) is 8.65. The first-order chi connectivity index (χ1) is 9.72. The number of furan rings is 1. The predicted octanol–water partition coefficient (Wildman–Crippen LogP) is 5.18. The number of hydrogen-bond donors (Lipinski definition) is 1. The molecule has 0 saturated heterocycles. The van der Waals surface area contributed by atoms with Gasteiger partial charge in [-0.25, -0.2) is 0 Å². The van der Waals surface area contributed by atoms with Crippen molar-refractivity contribution in [3.05, 3.63) is 52.4 Å². The third-order valence-electron chi connectivity index (χ3n) is 3.10. The maximum atomic E-state index is 5.62. The maximum absolute atomic E-state index is 5.62. The Labute approximate surface area is 133 Å². The molecule has 0 radical (unpaired) electrons. The van der Waals surface area contributed by atoms with Crippen LogP contribution in [-0.2, 0) is 0 Å². The quantitative estimate of drug-likeness (QED) is 0.694. The van der Waals surface area contributed by atoms with Crippen molar-refractivity contribution in [1.29, 1.82) is 0 Å². The van der Waals surface area contributed by atoms with Gasteiger partial charge in [-0.3, -0.25) is 0 Å². The van der Waals surface area contributed by atoms with E-state index in [1.165, 1.54) is 10.5 Å². The fourth-order valence-corrected chi connectivity index (χ4v) is 3.56. The lowest BCUT2D eigenvalue weighted by Crippen LogP contribution is -2.24. The lowest BCUT2D eigenvalue weighted by Gasteiger charge is -2.17. The fraction of sp³-hybridized carbons (Fsp3) is 0.375. The number of rotatable bonds is 7. The molecule has 1 aromatic heterocycles. The van der Waals surface area contributed by atoms with E-state index in [1.54, 1.807) is 6.26 Å². The summed E-state index contributed by atoms with van der Waals surface area (Å²) >= 11 is 5.43. The summed E-state index contributed by atoms with van der Waals surface area (Å²) in [7, 11) is 0. The van der Waals surface area contributed by atoms with Gasteiger partial charge in [-0.1, -0.05) is 25.1 Å². The summed E-state index contributed by atoms with van der Waals surface area (Å²) in [5, 5.41) is 3.56. The van der Waals surface area contributed by atoms with Crippen LogP contribution in [0.15, 0.2) is 50.4 Å². The summed E-state index contributed by atoms with van der Waals surface area (Å²) in [4.78, 5) is 1.33. The molecule has 0 bridgehead atoms. The van der Waals surface area contributed by atoms with Crippen LogP contribution in [-0.4, -0.2) is 12.3 Å². The zero-order valence-corrected chi connectivity index (χ0v) is 14.3. The molecule has 4 heteroatoms. The highest BCUT2D eigenvalue weighted by atomic mass is 79.9. The Balaban J connectivity index is 2.05. The molecule has 0 fully saturated rings. The lowest BCUT2D eigenvalue weighted by atomic mass is 10.2. The molecule has 0 aliphatic heterocycles. The van der Waals surface area contributed by atoms with Crippen LogP contribution in [0.25, 0.3) is 0 Å². The van der Waals surface area contributed by atoms with E-state index in [0.717, 1.165) is 29.0 Å². The van der Waals surface area contributed by atoms with Crippen molar-refractivity contribution < 1.29 is 4.42 Å². The summed E-state index contributed by atoms with van der Waals surface area (Å²) in [6.45, 7) is 5.32. The Morgan fingerprint density at radius 2 is 2.10 bits per heavy atom. The average Bonchev–Trinajstić information content (AvgIpc) is 2.87. The van der Waals surface area contributed by atoms with Crippen LogP contribution in [0, 0.1) is 6.92 Å². The fourth-order valence-electron chi connectivity index (χ4n) is 1.99. The molecule has 1 aromatic carbocycles. The first kappa shape index (κ1) is 15.7. The molecule has 1 N–H and O–H groups in total. The molecule has 20 heavy (non-hydrogen) atoms. The summed E-state index contributed by atoms with van der Waals surface area (Å²) in [5.41, 5.74) is 1.32. The second-order valence-corrected chi connectivity index (χ2v) is 6.63. The van der Waals surface area contributed by atoms with Crippen LogP contribution >= 0.6 is 27.7 Å². The van der Waals surface area contributed by atoms with Crippen LogP contribution in [0.2, 0.25) is 0 Å². The summed E-state index contributed by atoms with van der Waals surface area (Å²) < 4.78 is 6.66. The lowest BCUT2D eigenvalue weighted by molar-refractivity contribution is 0.433. The van der Waals surface area contributed by atoms with Crippen LogP contribution < -0.4 is 5.32 Å². The molecule has 1 heterocycles. The van der Waals surface area contributed by atoms with Gasteiger partial charge in [-0.05, 0) is 53.5 Å². The predicted molar refractivity (Wildman–Crippen MR) is 89.3 cm³/mol. The Morgan fingerprint density at radius 1 is 1.30 bits per heavy atom. The summed E-state index contributed by atoms with van der Waals surface area (Å²) in [6.07, 6.45) is 2.85. The first-order valence-electron chi connectivity index (χ1n) is 6.87. The van der Waals surface area contributed by atoms with Gasteiger partial charge in [0.15, 0.2) is 0 Å². The molecule has 2 rings (SSSR count). The number of hydrogen-bond acceptors (Lipinski definition) is 3. The highest BCUT2D eigenvalue weighted by Gasteiger charge is 2.17. The van der Waals surface area contributed by atoms with E-state index in [-0.39, 0.29) is 6.04 Å². The van der Waals surface area contributed by atoms with Crippen LogP contribution in [0.4, 0.5) is 0 Å². The highest BCUT2D eigenvalue weighted by Crippen LogP contribution is 2.31. The van der Waals surface area contributed by atoms with Crippen molar-refractivity contribution >= 4 is 27.7 Å². The smallest absolute Gasteiger partial charge is 0.135 e. The van der Waals surface area contributed by atoms with Gasteiger partial charge >= 0.3 is 0 Å². The molecule has 0 saturated carbocycles. The second-order valence-electron chi connectivity index (χ2n) is 4.72. The number of thioether (sulfide) groups is 1. The Bertz CT molecular complexity index is 541. The van der Waals surface area contributed by atoms with Crippen molar-refractivity contribution in [2.24, 2.45) is 0 Å². The van der Waals surface area contributed by atoms with Gasteiger partial charge in [0.2, 0.25) is 0 Å². The Hall–Kier alpha value is -0.710. The van der Waals surface area contributed by atoms with Gasteiger partial charge in [0.1, 0.15) is 5.76 Å². The zero-order chi connectivity index (χ0) is 14.4. The standard InChI is InChI=1S/C16H20BrNOS/c1-3-9-18-14(16-13(17)8-10-19-16)11-20-15-7-5-4-6-12(15)2/h4-8,10,14,18H,3,9,11H2,1-2H3. The molecular weight excluding hydrogens is 334 g/mol.